The normalized spacial score (nSPS) is 11.0. The number of aromatic nitrogens is 2. The van der Waals surface area contributed by atoms with E-state index in [0.717, 1.165) is 5.56 Å². The Labute approximate surface area is 197 Å². The quantitative estimate of drug-likeness (QED) is 0.524. The molecular formula is C24H28N6O4. The fourth-order valence-electron chi connectivity index (χ4n) is 2.97. The third-order valence-corrected chi connectivity index (χ3v) is 5.13. The zero-order valence-corrected chi connectivity index (χ0v) is 20.0. The van der Waals surface area contributed by atoms with Crippen molar-refractivity contribution in [2.75, 3.05) is 29.6 Å². The zero-order chi connectivity index (χ0) is 25.0. The van der Waals surface area contributed by atoms with Crippen LogP contribution in [-0.2, 0) is 5.41 Å². The van der Waals surface area contributed by atoms with Gasteiger partial charge in [-0.05, 0) is 36.8 Å². The first-order valence-corrected chi connectivity index (χ1v) is 10.6. The summed E-state index contributed by atoms with van der Waals surface area (Å²) in [5, 5.41) is 11.9. The van der Waals surface area contributed by atoms with Crippen LogP contribution in [0, 0.1) is 6.92 Å². The Morgan fingerprint density at radius 3 is 2.38 bits per heavy atom. The van der Waals surface area contributed by atoms with E-state index in [1.54, 1.807) is 37.4 Å². The highest BCUT2D eigenvalue weighted by molar-refractivity contribution is 6.06. The third-order valence-electron chi connectivity index (χ3n) is 5.13. The Bertz CT molecular complexity index is 1230. The first-order valence-electron chi connectivity index (χ1n) is 10.6. The molecule has 178 valence electrons. The molecule has 10 heteroatoms. The van der Waals surface area contributed by atoms with Gasteiger partial charge in [0.25, 0.3) is 11.8 Å². The summed E-state index contributed by atoms with van der Waals surface area (Å²) in [6.45, 7) is 7.77. The number of aryl methyl sites for hydroxylation is 1. The molecule has 0 fully saturated rings. The average molecular weight is 465 g/mol. The van der Waals surface area contributed by atoms with Gasteiger partial charge in [-0.1, -0.05) is 32.0 Å². The third kappa shape index (κ3) is 5.58. The Morgan fingerprint density at radius 1 is 1.00 bits per heavy atom. The number of urea groups is 1. The molecule has 0 bridgehead atoms. The number of hydrogen-bond acceptors (Lipinski definition) is 6. The van der Waals surface area contributed by atoms with Crippen LogP contribution in [0.4, 0.5) is 22.0 Å². The molecule has 1 aromatic carbocycles. The maximum Gasteiger partial charge on any atom is 0.326 e. The van der Waals surface area contributed by atoms with Gasteiger partial charge >= 0.3 is 6.03 Å². The number of rotatable bonds is 5. The van der Waals surface area contributed by atoms with Crippen LogP contribution in [0.25, 0.3) is 0 Å². The first kappa shape index (κ1) is 24.4. The van der Waals surface area contributed by atoms with Gasteiger partial charge < -0.3 is 20.5 Å². The van der Waals surface area contributed by atoms with E-state index < -0.39 is 6.03 Å². The molecule has 0 saturated heterocycles. The van der Waals surface area contributed by atoms with Gasteiger partial charge in [0.15, 0.2) is 5.82 Å². The molecule has 0 aliphatic rings. The van der Waals surface area contributed by atoms with Crippen molar-refractivity contribution in [2.24, 2.45) is 0 Å². The van der Waals surface area contributed by atoms with Crippen molar-refractivity contribution in [3.05, 3.63) is 65.2 Å². The fourth-order valence-corrected chi connectivity index (χ4v) is 2.97. The smallest absolute Gasteiger partial charge is 0.326 e. The van der Waals surface area contributed by atoms with Crippen LogP contribution >= 0.6 is 0 Å². The predicted octanol–water partition coefficient (Wildman–Crippen LogP) is 3.96. The maximum absolute atomic E-state index is 12.9. The van der Waals surface area contributed by atoms with Gasteiger partial charge in [-0.3, -0.25) is 19.5 Å². The molecule has 4 amide bonds. The summed E-state index contributed by atoms with van der Waals surface area (Å²) >= 11 is 0. The molecule has 3 aromatic rings. The van der Waals surface area contributed by atoms with Crippen molar-refractivity contribution in [1.29, 1.82) is 0 Å². The maximum atomic E-state index is 12.9. The Balaban J connectivity index is 1.74. The van der Waals surface area contributed by atoms with E-state index in [0.29, 0.717) is 28.5 Å². The van der Waals surface area contributed by atoms with Gasteiger partial charge in [0.1, 0.15) is 11.5 Å². The molecule has 34 heavy (non-hydrogen) atoms. The standard InChI is InChI=1S/C24H28N6O4/c1-14-7-8-15(21(31)28-20-13-19(34-29-20)24(2,3)4)11-17(14)27-23(33)30(6)16-9-10-26-18(12-16)22(32)25-5/h7-13H,1-6H3,(H,25,32)(H,27,33)(H,28,29,31). The second-order valence-electron chi connectivity index (χ2n) is 8.78. The number of anilines is 3. The van der Waals surface area contributed by atoms with E-state index in [1.807, 2.05) is 27.7 Å². The highest BCUT2D eigenvalue weighted by atomic mass is 16.5. The monoisotopic (exact) mass is 464 g/mol. The molecule has 0 saturated carbocycles. The van der Waals surface area contributed by atoms with E-state index >= 15 is 0 Å². The van der Waals surface area contributed by atoms with Crippen molar-refractivity contribution >= 4 is 35.0 Å². The number of nitrogens with zero attached hydrogens (tertiary/aromatic N) is 3. The fraction of sp³-hybridized carbons (Fsp3) is 0.292. The number of pyridine rings is 1. The van der Waals surface area contributed by atoms with Gasteiger partial charge in [-0.15, -0.1) is 0 Å². The van der Waals surface area contributed by atoms with Gasteiger partial charge in [0, 0.05) is 48.7 Å². The van der Waals surface area contributed by atoms with Crippen molar-refractivity contribution in [1.82, 2.24) is 15.5 Å². The van der Waals surface area contributed by atoms with E-state index in [1.165, 1.54) is 24.2 Å². The molecular weight excluding hydrogens is 436 g/mol. The molecule has 0 spiro atoms. The molecule has 0 aliphatic heterocycles. The van der Waals surface area contributed by atoms with Crippen LogP contribution in [0.15, 0.2) is 47.1 Å². The van der Waals surface area contributed by atoms with Crippen molar-refractivity contribution in [2.45, 2.75) is 33.1 Å². The molecule has 0 unspecified atom stereocenters. The average Bonchev–Trinajstić information content (AvgIpc) is 3.28. The summed E-state index contributed by atoms with van der Waals surface area (Å²) in [5.74, 6) is 0.220. The molecule has 10 nitrogen and oxygen atoms in total. The molecule has 2 heterocycles. The minimum absolute atomic E-state index is 0.192. The number of benzene rings is 1. The summed E-state index contributed by atoms with van der Waals surface area (Å²) in [4.78, 5) is 42.8. The summed E-state index contributed by atoms with van der Waals surface area (Å²) in [6, 6.07) is 9.36. The molecule has 0 radical (unpaired) electrons. The van der Waals surface area contributed by atoms with Crippen LogP contribution < -0.4 is 20.9 Å². The van der Waals surface area contributed by atoms with Gasteiger partial charge in [-0.25, -0.2) is 4.79 Å². The van der Waals surface area contributed by atoms with Crippen LogP contribution in [0.3, 0.4) is 0 Å². The van der Waals surface area contributed by atoms with E-state index in [4.69, 9.17) is 4.52 Å². The molecule has 0 aliphatic carbocycles. The second-order valence-corrected chi connectivity index (χ2v) is 8.78. The largest absolute Gasteiger partial charge is 0.359 e. The lowest BCUT2D eigenvalue weighted by molar-refractivity contribution is 0.0957. The van der Waals surface area contributed by atoms with E-state index in [9.17, 15) is 14.4 Å². The van der Waals surface area contributed by atoms with Crippen molar-refractivity contribution in [3.63, 3.8) is 0 Å². The highest BCUT2D eigenvalue weighted by Gasteiger charge is 2.21. The SMILES string of the molecule is CNC(=O)c1cc(N(C)C(=O)Nc2cc(C(=O)Nc3cc(C(C)(C)C)on3)ccc2C)ccn1. The molecule has 3 rings (SSSR count). The molecule has 3 N–H and O–H groups in total. The first-order chi connectivity index (χ1) is 16.0. The van der Waals surface area contributed by atoms with Crippen LogP contribution in [0.1, 0.15) is 52.9 Å². The number of carbonyl (C=O) groups is 3. The molecule has 2 aromatic heterocycles. The van der Waals surface area contributed by atoms with Crippen LogP contribution in [0.5, 0.6) is 0 Å². The second kappa shape index (κ2) is 9.74. The Kier molecular flexibility index (Phi) is 7.00. The number of amides is 4. The summed E-state index contributed by atoms with van der Waals surface area (Å²) < 4.78 is 5.30. The Morgan fingerprint density at radius 2 is 1.74 bits per heavy atom. The topological polar surface area (TPSA) is 129 Å². The van der Waals surface area contributed by atoms with Crippen LogP contribution in [-0.4, -0.2) is 42.1 Å². The number of carbonyl (C=O) groups excluding carboxylic acids is 3. The minimum Gasteiger partial charge on any atom is -0.359 e. The lowest BCUT2D eigenvalue weighted by Gasteiger charge is -2.19. The predicted molar refractivity (Wildman–Crippen MR) is 129 cm³/mol. The Hall–Kier alpha value is -4.21. The number of hydrogen-bond donors (Lipinski definition) is 3. The lowest BCUT2D eigenvalue weighted by atomic mass is 9.93. The van der Waals surface area contributed by atoms with Crippen molar-refractivity contribution in [3.8, 4) is 0 Å². The summed E-state index contributed by atoms with van der Waals surface area (Å²) in [5.41, 5.74) is 2.03. The van der Waals surface area contributed by atoms with E-state index in [2.05, 4.69) is 26.1 Å². The molecule has 0 atom stereocenters. The van der Waals surface area contributed by atoms with E-state index in [-0.39, 0.29) is 22.9 Å². The number of nitrogens with one attached hydrogen (secondary N) is 3. The summed E-state index contributed by atoms with van der Waals surface area (Å²) in [6.07, 6.45) is 1.45. The van der Waals surface area contributed by atoms with Gasteiger partial charge in [0.2, 0.25) is 0 Å². The minimum atomic E-state index is -0.443. The highest BCUT2D eigenvalue weighted by Crippen LogP contribution is 2.25. The summed E-state index contributed by atoms with van der Waals surface area (Å²) in [7, 11) is 3.08. The van der Waals surface area contributed by atoms with Crippen molar-refractivity contribution < 1.29 is 18.9 Å². The van der Waals surface area contributed by atoms with Gasteiger partial charge in [-0.2, -0.15) is 0 Å². The lowest BCUT2D eigenvalue weighted by Crippen LogP contribution is -2.32. The van der Waals surface area contributed by atoms with Crippen LogP contribution in [0.2, 0.25) is 0 Å². The van der Waals surface area contributed by atoms with Gasteiger partial charge in [0.05, 0.1) is 0 Å². The zero-order valence-electron chi connectivity index (χ0n) is 20.0.